The number of nitrogens with one attached hydrogen (secondary N) is 1. The smallest absolute Gasteiger partial charge is 0.272 e. The molecule has 1 N–H and O–H groups in total. The Hall–Kier alpha value is -1.99. The minimum Gasteiger partial charge on any atom is -0.346 e. The van der Waals surface area contributed by atoms with Crippen LogP contribution in [-0.2, 0) is 6.54 Å². The van der Waals surface area contributed by atoms with Crippen molar-refractivity contribution < 1.29 is 9.18 Å². The molecule has 3 rings (SSSR count). The molecule has 0 spiro atoms. The molecule has 2 aromatic heterocycles. The first-order chi connectivity index (χ1) is 10.6. The maximum absolute atomic E-state index is 13.2. The van der Waals surface area contributed by atoms with E-state index in [-0.39, 0.29) is 11.7 Å². The van der Waals surface area contributed by atoms with Crippen molar-refractivity contribution in [2.45, 2.75) is 6.54 Å². The zero-order valence-electron chi connectivity index (χ0n) is 11.3. The Balaban J connectivity index is 1.69. The Bertz CT molecular complexity index is 814. The molecule has 0 bridgehead atoms. The summed E-state index contributed by atoms with van der Waals surface area (Å²) in [5.41, 5.74) is 0.862. The fourth-order valence-corrected chi connectivity index (χ4v) is 3.34. The highest BCUT2D eigenvalue weighted by Crippen LogP contribution is 2.21. The Morgan fingerprint density at radius 3 is 2.91 bits per heavy atom. The second-order valence-corrected chi connectivity index (χ2v) is 7.06. The molecule has 0 aliphatic heterocycles. The van der Waals surface area contributed by atoms with E-state index < -0.39 is 0 Å². The van der Waals surface area contributed by atoms with Gasteiger partial charge in [-0.05, 0) is 52.3 Å². The summed E-state index contributed by atoms with van der Waals surface area (Å²) < 4.78 is 15.7. The average molecular weight is 380 g/mol. The molecule has 0 aliphatic rings. The van der Waals surface area contributed by atoms with Crippen LogP contribution >= 0.6 is 27.3 Å². The van der Waals surface area contributed by atoms with Crippen LogP contribution in [0.3, 0.4) is 0 Å². The van der Waals surface area contributed by atoms with Crippen molar-refractivity contribution in [3.05, 3.63) is 68.8 Å². The van der Waals surface area contributed by atoms with Crippen LogP contribution in [0.25, 0.3) is 5.69 Å². The number of thiophene rings is 1. The average Bonchev–Trinajstić information content (AvgIpc) is 3.14. The number of amides is 1. The predicted molar refractivity (Wildman–Crippen MR) is 86.7 cm³/mol. The van der Waals surface area contributed by atoms with Gasteiger partial charge in [-0.25, -0.2) is 9.07 Å². The van der Waals surface area contributed by atoms with Gasteiger partial charge in [-0.3, -0.25) is 4.79 Å². The molecule has 112 valence electrons. The first kappa shape index (κ1) is 14.9. The molecule has 4 nitrogen and oxygen atoms in total. The minimum atomic E-state index is -0.345. The van der Waals surface area contributed by atoms with Gasteiger partial charge in [-0.1, -0.05) is 6.07 Å². The summed E-state index contributed by atoms with van der Waals surface area (Å²) in [4.78, 5) is 13.1. The molecule has 0 saturated carbocycles. The maximum Gasteiger partial charge on any atom is 0.272 e. The number of benzene rings is 1. The lowest BCUT2D eigenvalue weighted by Crippen LogP contribution is -2.23. The fourth-order valence-electron chi connectivity index (χ4n) is 1.91. The number of hydrogen-bond acceptors (Lipinski definition) is 3. The Kier molecular flexibility index (Phi) is 4.35. The van der Waals surface area contributed by atoms with E-state index in [2.05, 4.69) is 26.3 Å². The van der Waals surface area contributed by atoms with Gasteiger partial charge >= 0.3 is 0 Å². The summed E-state index contributed by atoms with van der Waals surface area (Å²) in [5.74, 6) is -0.609. The lowest BCUT2D eigenvalue weighted by molar-refractivity contribution is 0.0946. The molecule has 1 aromatic carbocycles. The van der Waals surface area contributed by atoms with Gasteiger partial charge in [0.2, 0.25) is 0 Å². The molecule has 22 heavy (non-hydrogen) atoms. The van der Waals surface area contributed by atoms with Crippen LogP contribution in [0.4, 0.5) is 4.39 Å². The van der Waals surface area contributed by atoms with Crippen molar-refractivity contribution in [3.8, 4) is 5.69 Å². The second-order valence-electron chi connectivity index (χ2n) is 4.51. The van der Waals surface area contributed by atoms with Gasteiger partial charge in [0.1, 0.15) is 5.82 Å². The molecule has 3 aromatic rings. The van der Waals surface area contributed by atoms with Crippen LogP contribution in [0.15, 0.2) is 52.4 Å². The molecule has 0 unspecified atom stereocenters. The van der Waals surface area contributed by atoms with Crippen LogP contribution in [0, 0.1) is 5.82 Å². The second kappa shape index (κ2) is 6.41. The van der Waals surface area contributed by atoms with Gasteiger partial charge in [0.15, 0.2) is 5.69 Å². The molecular formula is C15H11BrFN3OS. The molecule has 2 heterocycles. The quantitative estimate of drug-likeness (QED) is 0.749. The molecule has 0 atom stereocenters. The van der Waals surface area contributed by atoms with Crippen LogP contribution in [-0.4, -0.2) is 15.7 Å². The zero-order valence-corrected chi connectivity index (χ0v) is 13.7. The van der Waals surface area contributed by atoms with Crippen LogP contribution in [0.2, 0.25) is 0 Å². The van der Waals surface area contributed by atoms with Gasteiger partial charge in [-0.15, -0.1) is 11.3 Å². The van der Waals surface area contributed by atoms with Gasteiger partial charge < -0.3 is 5.32 Å². The van der Waals surface area contributed by atoms with Gasteiger partial charge in [0.25, 0.3) is 5.91 Å². The number of rotatable bonds is 4. The third kappa shape index (κ3) is 3.42. The van der Waals surface area contributed by atoms with E-state index in [0.717, 1.165) is 8.66 Å². The topological polar surface area (TPSA) is 46.9 Å². The standard InChI is InChI=1S/C15H11BrFN3OS/c16-14-5-4-12(22-14)9-18-15(21)13-6-7-20(19-13)11-3-1-2-10(17)8-11/h1-8H,9H2,(H,18,21). The largest absolute Gasteiger partial charge is 0.346 e. The first-order valence-electron chi connectivity index (χ1n) is 6.46. The molecule has 0 radical (unpaired) electrons. The van der Waals surface area contributed by atoms with Crippen LogP contribution in [0.5, 0.6) is 0 Å². The fraction of sp³-hybridized carbons (Fsp3) is 0.0667. The van der Waals surface area contributed by atoms with Gasteiger partial charge in [0.05, 0.1) is 16.0 Å². The molecule has 0 saturated heterocycles. The van der Waals surface area contributed by atoms with Crippen molar-refractivity contribution in [2.75, 3.05) is 0 Å². The summed E-state index contributed by atoms with van der Waals surface area (Å²) >= 11 is 4.94. The third-order valence-corrected chi connectivity index (χ3v) is 4.57. The monoisotopic (exact) mass is 379 g/mol. The van der Waals surface area contributed by atoms with Gasteiger partial charge in [0, 0.05) is 11.1 Å². The van der Waals surface area contributed by atoms with Crippen molar-refractivity contribution in [1.29, 1.82) is 0 Å². The van der Waals surface area contributed by atoms with Crippen LogP contribution in [0.1, 0.15) is 15.4 Å². The molecule has 1 amide bonds. The summed E-state index contributed by atoms with van der Waals surface area (Å²) in [5, 5.41) is 6.98. The lowest BCUT2D eigenvalue weighted by Gasteiger charge is -2.02. The minimum absolute atomic E-state index is 0.264. The van der Waals surface area contributed by atoms with Crippen LogP contribution < -0.4 is 5.32 Å². The first-order valence-corrected chi connectivity index (χ1v) is 8.07. The van der Waals surface area contributed by atoms with Crippen molar-refractivity contribution in [3.63, 3.8) is 0 Å². The number of aromatic nitrogens is 2. The van der Waals surface area contributed by atoms with Crippen molar-refractivity contribution in [1.82, 2.24) is 15.1 Å². The summed E-state index contributed by atoms with van der Waals surface area (Å²) in [7, 11) is 0. The molecular weight excluding hydrogens is 369 g/mol. The Morgan fingerprint density at radius 2 is 2.18 bits per heavy atom. The van der Waals surface area contributed by atoms with E-state index in [1.54, 1.807) is 35.7 Å². The highest BCUT2D eigenvalue weighted by atomic mass is 79.9. The molecule has 0 aliphatic carbocycles. The number of nitrogens with zero attached hydrogens (tertiary/aromatic N) is 2. The SMILES string of the molecule is O=C(NCc1ccc(Br)s1)c1ccn(-c2cccc(F)c2)n1. The number of halogens is 2. The van der Waals surface area contributed by atoms with E-state index in [0.29, 0.717) is 17.9 Å². The third-order valence-electron chi connectivity index (χ3n) is 2.95. The Morgan fingerprint density at radius 1 is 1.32 bits per heavy atom. The van der Waals surface area contributed by atoms with E-state index in [1.807, 2.05) is 12.1 Å². The number of carbonyl (C=O) groups excluding carboxylic acids is 1. The van der Waals surface area contributed by atoms with Crippen molar-refractivity contribution in [2.24, 2.45) is 0 Å². The zero-order chi connectivity index (χ0) is 15.5. The predicted octanol–water partition coefficient (Wildman–Crippen LogP) is 3.77. The maximum atomic E-state index is 13.2. The van der Waals surface area contributed by atoms with E-state index >= 15 is 0 Å². The van der Waals surface area contributed by atoms with E-state index in [4.69, 9.17) is 0 Å². The molecule has 7 heteroatoms. The van der Waals surface area contributed by atoms with Gasteiger partial charge in [-0.2, -0.15) is 5.10 Å². The Labute approximate surface area is 138 Å². The summed E-state index contributed by atoms with van der Waals surface area (Å²) in [6.07, 6.45) is 1.63. The summed E-state index contributed by atoms with van der Waals surface area (Å²) in [6.45, 7) is 0.446. The normalized spacial score (nSPS) is 10.6. The number of carbonyl (C=O) groups is 1. The van der Waals surface area contributed by atoms with Crippen molar-refractivity contribution >= 4 is 33.2 Å². The van der Waals surface area contributed by atoms with E-state index in [9.17, 15) is 9.18 Å². The number of hydrogen-bond donors (Lipinski definition) is 1. The lowest BCUT2D eigenvalue weighted by atomic mass is 10.3. The highest BCUT2D eigenvalue weighted by molar-refractivity contribution is 9.11. The summed E-state index contributed by atoms with van der Waals surface area (Å²) in [6, 6.07) is 11.5. The van der Waals surface area contributed by atoms with E-state index in [1.165, 1.54) is 16.8 Å². The molecule has 0 fully saturated rings. The highest BCUT2D eigenvalue weighted by Gasteiger charge is 2.10.